The highest BCUT2D eigenvalue weighted by molar-refractivity contribution is 5.92. The highest BCUT2D eigenvalue weighted by Crippen LogP contribution is 2.36. The highest BCUT2D eigenvalue weighted by Gasteiger charge is 2.31. The number of pyridine rings is 1. The van der Waals surface area contributed by atoms with Crippen LogP contribution in [0.5, 0.6) is 0 Å². The number of amides is 1. The van der Waals surface area contributed by atoms with E-state index < -0.39 is 0 Å². The monoisotopic (exact) mass is 233 g/mol. The summed E-state index contributed by atoms with van der Waals surface area (Å²) in [5.41, 5.74) is 6.88. The standard InChI is InChI=1S/C13H19N3O/c1-13(2)6-5-10(7-13)16-12(17)11-4-3-9(14)8-15-11/h3-4,8,10H,5-7,14H2,1-2H3,(H,16,17). The lowest BCUT2D eigenvalue weighted by Crippen LogP contribution is -2.34. The van der Waals surface area contributed by atoms with Crippen molar-refractivity contribution in [2.75, 3.05) is 5.73 Å². The van der Waals surface area contributed by atoms with Gasteiger partial charge in [-0.1, -0.05) is 13.8 Å². The highest BCUT2D eigenvalue weighted by atomic mass is 16.1. The van der Waals surface area contributed by atoms with Gasteiger partial charge in [-0.15, -0.1) is 0 Å². The minimum Gasteiger partial charge on any atom is -0.397 e. The van der Waals surface area contributed by atoms with Crippen LogP contribution in [-0.4, -0.2) is 16.9 Å². The molecule has 4 nitrogen and oxygen atoms in total. The lowest BCUT2D eigenvalue weighted by molar-refractivity contribution is 0.0931. The van der Waals surface area contributed by atoms with Gasteiger partial charge in [-0.2, -0.15) is 0 Å². The molecule has 0 aromatic carbocycles. The molecule has 0 saturated heterocycles. The van der Waals surface area contributed by atoms with Crippen molar-refractivity contribution in [2.24, 2.45) is 5.41 Å². The van der Waals surface area contributed by atoms with Gasteiger partial charge >= 0.3 is 0 Å². The van der Waals surface area contributed by atoms with Gasteiger partial charge in [0, 0.05) is 6.04 Å². The van der Waals surface area contributed by atoms with Crippen LogP contribution in [0, 0.1) is 5.41 Å². The average molecular weight is 233 g/mol. The second-order valence-electron chi connectivity index (χ2n) is 5.55. The fraction of sp³-hybridized carbons (Fsp3) is 0.538. The van der Waals surface area contributed by atoms with Crippen LogP contribution in [0.25, 0.3) is 0 Å². The van der Waals surface area contributed by atoms with E-state index in [1.54, 1.807) is 12.1 Å². The second-order valence-corrected chi connectivity index (χ2v) is 5.55. The van der Waals surface area contributed by atoms with Crippen molar-refractivity contribution in [3.63, 3.8) is 0 Å². The van der Waals surface area contributed by atoms with Crippen LogP contribution in [0.15, 0.2) is 18.3 Å². The zero-order valence-electron chi connectivity index (χ0n) is 10.4. The third-order valence-electron chi connectivity index (χ3n) is 3.32. The summed E-state index contributed by atoms with van der Waals surface area (Å²) in [5.74, 6) is -0.104. The SMILES string of the molecule is CC1(C)CCC(NC(=O)c2ccc(N)cn2)C1. The minimum absolute atomic E-state index is 0.104. The molecule has 0 spiro atoms. The zero-order chi connectivity index (χ0) is 12.5. The smallest absolute Gasteiger partial charge is 0.270 e. The molecule has 1 aromatic rings. The third kappa shape index (κ3) is 2.96. The molecule has 1 aromatic heterocycles. The van der Waals surface area contributed by atoms with Crippen molar-refractivity contribution < 1.29 is 4.79 Å². The van der Waals surface area contributed by atoms with Crippen molar-refractivity contribution >= 4 is 11.6 Å². The molecule has 0 bridgehead atoms. The molecule has 1 saturated carbocycles. The molecule has 3 N–H and O–H groups in total. The summed E-state index contributed by atoms with van der Waals surface area (Å²) in [7, 11) is 0. The Kier molecular flexibility index (Phi) is 3.05. The van der Waals surface area contributed by atoms with E-state index in [4.69, 9.17) is 5.73 Å². The first-order valence-electron chi connectivity index (χ1n) is 5.99. The van der Waals surface area contributed by atoms with Gasteiger partial charge in [0.25, 0.3) is 5.91 Å². The first kappa shape index (κ1) is 11.9. The molecule has 1 fully saturated rings. The largest absolute Gasteiger partial charge is 0.397 e. The number of aromatic nitrogens is 1. The fourth-order valence-corrected chi connectivity index (χ4v) is 2.36. The number of hydrogen-bond donors (Lipinski definition) is 2. The number of nitrogens with one attached hydrogen (secondary N) is 1. The van der Waals surface area contributed by atoms with Crippen LogP contribution in [0.1, 0.15) is 43.6 Å². The summed E-state index contributed by atoms with van der Waals surface area (Å²) in [5, 5.41) is 3.03. The van der Waals surface area contributed by atoms with Crippen molar-refractivity contribution in [1.29, 1.82) is 0 Å². The van der Waals surface area contributed by atoms with Gasteiger partial charge in [0.1, 0.15) is 5.69 Å². The number of nitrogen functional groups attached to an aromatic ring is 1. The summed E-state index contributed by atoms with van der Waals surface area (Å²) < 4.78 is 0. The van der Waals surface area contributed by atoms with Gasteiger partial charge in [0.15, 0.2) is 0 Å². The first-order chi connectivity index (χ1) is 7.96. The third-order valence-corrected chi connectivity index (χ3v) is 3.32. The lowest BCUT2D eigenvalue weighted by atomic mass is 9.92. The Morgan fingerprint density at radius 3 is 2.82 bits per heavy atom. The molecule has 1 aliphatic carbocycles. The summed E-state index contributed by atoms with van der Waals surface area (Å²) in [6.07, 6.45) is 4.75. The van der Waals surface area contributed by atoms with E-state index in [1.807, 2.05) is 0 Å². The number of carbonyl (C=O) groups excluding carboxylic acids is 1. The van der Waals surface area contributed by atoms with E-state index >= 15 is 0 Å². The summed E-state index contributed by atoms with van der Waals surface area (Å²) in [4.78, 5) is 15.9. The molecular weight excluding hydrogens is 214 g/mol. The molecule has 0 aliphatic heterocycles. The Morgan fingerprint density at radius 2 is 2.29 bits per heavy atom. The molecule has 1 heterocycles. The van der Waals surface area contributed by atoms with Gasteiger partial charge in [-0.3, -0.25) is 4.79 Å². The quantitative estimate of drug-likeness (QED) is 0.820. The second kappa shape index (κ2) is 4.35. The maximum atomic E-state index is 11.9. The lowest BCUT2D eigenvalue weighted by Gasteiger charge is -2.17. The Bertz CT molecular complexity index is 411. The Morgan fingerprint density at radius 1 is 1.53 bits per heavy atom. The van der Waals surface area contributed by atoms with Crippen LogP contribution >= 0.6 is 0 Å². The Hall–Kier alpha value is -1.58. The van der Waals surface area contributed by atoms with Crippen LogP contribution in [0.3, 0.4) is 0 Å². The predicted molar refractivity (Wildman–Crippen MR) is 67.5 cm³/mol. The van der Waals surface area contributed by atoms with Crippen LogP contribution in [0.2, 0.25) is 0 Å². The number of nitrogens with zero attached hydrogens (tertiary/aromatic N) is 1. The van der Waals surface area contributed by atoms with Gasteiger partial charge in [-0.25, -0.2) is 4.98 Å². The van der Waals surface area contributed by atoms with Crippen molar-refractivity contribution in [3.8, 4) is 0 Å². The van der Waals surface area contributed by atoms with Gasteiger partial charge in [-0.05, 0) is 36.8 Å². The normalized spacial score (nSPS) is 22.4. The first-order valence-corrected chi connectivity index (χ1v) is 5.99. The maximum Gasteiger partial charge on any atom is 0.270 e. The van der Waals surface area contributed by atoms with Crippen molar-refractivity contribution in [1.82, 2.24) is 10.3 Å². The molecule has 4 heteroatoms. The van der Waals surface area contributed by atoms with E-state index in [0.717, 1.165) is 19.3 Å². The molecule has 92 valence electrons. The summed E-state index contributed by atoms with van der Waals surface area (Å²) in [6, 6.07) is 3.63. The molecular formula is C13H19N3O. The average Bonchev–Trinajstić information content (AvgIpc) is 2.59. The topological polar surface area (TPSA) is 68.0 Å². The molecule has 0 radical (unpaired) electrons. The number of nitrogens with two attached hydrogens (primary N) is 1. The summed E-state index contributed by atoms with van der Waals surface area (Å²) in [6.45, 7) is 4.47. The van der Waals surface area contributed by atoms with E-state index in [9.17, 15) is 4.79 Å². The Labute approximate surface area is 102 Å². The number of rotatable bonds is 2. The van der Waals surface area contributed by atoms with Crippen molar-refractivity contribution in [2.45, 2.75) is 39.2 Å². The van der Waals surface area contributed by atoms with Crippen LogP contribution < -0.4 is 11.1 Å². The van der Waals surface area contributed by atoms with Crippen LogP contribution in [-0.2, 0) is 0 Å². The van der Waals surface area contributed by atoms with Gasteiger partial charge < -0.3 is 11.1 Å². The molecule has 17 heavy (non-hydrogen) atoms. The predicted octanol–water partition coefficient (Wildman–Crippen LogP) is 1.97. The number of hydrogen-bond acceptors (Lipinski definition) is 3. The number of carbonyl (C=O) groups is 1. The van der Waals surface area contributed by atoms with E-state index in [2.05, 4.69) is 24.1 Å². The van der Waals surface area contributed by atoms with Gasteiger partial charge in [0.2, 0.25) is 0 Å². The van der Waals surface area contributed by atoms with E-state index in [1.165, 1.54) is 6.20 Å². The Balaban J connectivity index is 1.96. The molecule has 1 amide bonds. The number of anilines is 1. The van der Waals surface area contributed by atoms with E-state index in [-0.39, 0.29) is 11.9 Å². The van der Waals surface area contributed by atoms with Gasteiger partial charge in [0.05, 0.1) is 11.9 Å². The minimum atomic E-state index is -0.104. The fourth-order valence-electron chi connectivity index (χ4n) is 2.36. The molecule has 1 aliphatic rings. The van der Waals surface area contributed by atoms with Crippen LogP contribution in [0.4, 0.5) is 5.69 Å². The summed E-state index contributed by atoms with van der Waals surface area (Å²) >= 11 is 0. The molecule has 1 atom stereocenters. The van der Waals surface area contributed by atoms with E-state index in [0.29, 0.717) is 16.8 Å². The molecule has 2 rings (SSSR count). The van der Waals surface area contributed by atoms with Crippen molar-refractivity contribution in [3.05, 3.63) is 24.0 Å². The zero-order valence-corrected chi connectivity index (χ0v) is 10.4. The molecule has 1 unspecified atom stereocenters. The maximum absolute atomic E-state index is 11.9.